The zero-order valence-electron chi connectivity index (χ0n) is 14.8. The van der Waals surface area contributed by atoms with Crippen LogP contribution in [0.5, 0.6) is 0 Å². The first-order valence-corrected chi connectivity index (χ1v) is 10.2. The predicted octanol–water partition coefficient (Wildman–Crippen LogP) is 4.29. The van der Waals surface area contributed by atoms with Crippen LogP contribution in [-0.4, -0.2) is 29.5 Å². The lowest BCUT2D eigenvalue weighted by molar-refractivity contribution is -0.244. The molecule has 0 spiro atoms. The molecule has 2 unspecified atom stereocenters. The van der Waals surface area contributed by atoms with E-state index in [1.165, 1.54) is 0 Å². The summed E-state index contributed by atoms with van der Waals surface area (Å²) in [5.74, 6) is -10.1. The van der Waals surface area contributed by atoms with Crippen molar-refractivity contribution in [3.05, 3.63) is 34.6 Å². The van der Waals surface area contributed by atoms with Gasteiger partial charge in [0.25, 0.3) is 6.48 Å². The fraction of sp³-hybridized carbons (Fsp3) is 0.647. The Balaban J connectivity index is 2.09. The largest absolute Gasteiger partial charge is 0.378 e. The molecule has 9 heteroatoms. The second kappa shape index (κ2) is 9.77. The summed E-state index contributed by atoms with van der Waals surface area (Å²) in [7, 11) is -1.17. The van der Waals surface area contributed by atoms with Crippen LogP contribution < -0.4 is 0 Å². The van der Waals surface area contributed by atoms with Crippen molar-refractivity contribution in [3.8, 4) is 0 Å². The molecule has 3 nitrogen and oxygen atoms in total. The van der Waals surface area contributed by atoms with Crippen molar-refractivity contribution in [1.82, 2.24) is 0 Å². The highest BCUT2D eigenvalue weighted by Crippen LogP contribution is 2.42. The number of ether oxygens (including phenoxy) is 2. The number of hydrogen-bond acceptors (Lipinski definition) is 3. The zero-order valence-corrected chi connectivity index (χ0v) is 16.2. The quantitative estimate of drug-likeness (QED) is 0.215. The Labute approximate surface area is 151 Å². The molecular formula is C17H23F5O3Si. The summed E-state index contributed by atoms with van der Waals surface area (Å²) < 4.78 is 84.5. The molecule has 1 aromatic rings. The Morgan fingerprint density at radius 2 is 1.42 bits per heavy atom. The minimum absolute atomic E-state index is 0.0483. The van der Waals surface area contributed by atoms with Crippen molar-refractivity contribution >= 4 is 9.76 Å². The van der Waals surface area contributed by atoms with Crippen LogP contribution in [0.1, 0.15) is 51.0 Å². The van der Waals surface area contributed by atoms with Crippen LogP contribution in [0, 0.1) is 29.1 Å². The first-order chi connectivity index (χ1) is 12.4. The van der Waals surface area contributed by atoms with E-state index in [0.717, 1.165) is 6.42 Å². The molecule has 0 amide bonds. The normalized spacial score (nSPS) is 21.2. The van der Waals surface area contributed by atoms with Crippen LogP contribution in [-0.2, 0) is 13.9 Å². The highest BCUT2D eigenvalue weighted by Gasteiger charge is 2.33. The first kappa shape index (κ1) is 21.3. The molecule has 148 valence electrons. The molecule has 1 saturated carbocycles. The van der Waals surface area contributed by atoms with Gasteiger partial charge >= 0.3 is 0 Å². The lowest BCUT2D eigenvalue weighted by atomic mass is 9.83. The van der Waals surface area contributed by atoms with Crippen molar-refractivity contribution in [2.24, 2.45) is 0 Å². The van der Waals surface area contributed by atoms with Crippen molar-refractivity contribution in [2.45, 2.75) is 57.5 Å². The maximum atomic E-state index is 14.0. The minimum atomic E-state index is -2.12. The van der Waals surface area contributed by atoms with Crippen LogP contribution in [0.25, 0.3) is 0 Å². The standard InChI is InChI=1S/C17H23F5O3Si/c1-3-23-17(24-4-2)25-26-10-7-5-6-9(8-10)11-12(18)14(20)16(22)15(21)13(11)19/h9-10,17H,3-8,26H2,1-2H3. The Bertz CT molecular complexity index is 582. The molecule has 2 atom stereocenters. The fourth-order valence-corrected chi connectivity index (χ4v) is 4.93. The average molecular weight is 398 g/mol. The third-order valence-electron chi connectivity index (χ3n) is 4.51. The molecule has 1 aromatic carbocycles. The molecule has 0 bridgehead atoms. The summed E-state index contributed by atoms with van der Waals surface area (Å²) in [5, 5.41) is 0. The van der Waals surface area contributed by atoms with Crippen LogP contribution in [0.15, 0.2) is 0 Å². The van der Waals surface area contributed by atoms with Gasteiger partial charge in [-0.15, -0.1) is 0 Å². The Morgan fingerprint density at radius 3 is 1.96 bits per heavy atom. The predicted molar refractivity (Wildman–Crippen MR) is 87.9 cm³/mol. The van der Waals surface area contributed by atoms with E-state index < -0.39 is 56.8 Å². The van der Waals surface area contributed by atoms with Crippen molar-refractivity contribution in [3.63, 3.8) is 0 Å². The summed E-state index contributed by atoms with van der Waals surface area (Å²) in [6, 6.07) is 0. The van der Waals surface area contributed by atoms with Crippen molar-refractivity contribution < 1.29 is 35.9 Å². The van der Waals surface area contributed by atoms with Gasteiger partial charge in [0.2, 0.25) is 5.82 Å². The maximum absolute atomic E-state index is 14.0. The van der Waals surface area contributed by atoms with E-state index >= 15 is 0 Å². The number of benzene rings is 1. The van der Waals surface area contributed by atoms with Gasteiger partial charge in [0.1, 0.15) is 0 Å². The van der Waals surface area contributed by atoms with Gasteiger partial charge in [0.15, 0.2) is 33.0 Å². The molecule has 0 radical (unpaired) electrons. The van der Waals surface area contributed by atoms with Gasteiger partial charge in [0.05, 0.1) is 0 Å². The lowest BCUT2D eigenvalue weighted by Gasteiger charge is -2.30. The Hall–Kier alpha value is -1.03. The highest BCUT2D eigenvalue weighted by atomic mass is 28.2. The van der Waals surface area contributed by atoms with Gasteiger partial charge in [-0.1, -0.05) is 12.8 Å². The second-order valence-corrected chi connectivity index (χ2v) is 8.07. The SMILES string of the molecule is CCOC(OCC)O[SiH2]C1CCCC(c2c(F)c(F)c(F)c(F)c2F)C1. The Kier molecular flexibility index (Phi) is 7.99. The molecule has 1 aliphatic carbocycles. The van der Waals surface area contributed by atoms with E-state index in [1.54, 1.807) is 13.8 Å². The molecule has 1 fully saturated rings. The molecule has 0 aliphatic heterocycles. The van der Waals surface area contributed by atoms with E-state index in [4.69, 9.17) is 13.9 Å². The fourth-order valence-electron chi connectivity index (χ4n) is 3.32. The summed E-state index contributed by atoms with van der Waals surface area (Å²) in [5.41, 5.74) is -0.654. The monoisotopic (exact) mass is 398 g/mol. The van der Waals surface area contributed by atoms with E-state index in [0.29, 0.717) is 32.5 Å². The average Bonchev–Trinajstić information content (AvgIpc) is 2.64. The third-order valence-corrected chi connectivity index (χ3v) is 6.19. The van der Waals surface area contributed by atoms with E-state index in [-0.39, 0.29) is 5.54 Å². The highest BCUT2D eigenvalue weighted by molar-refractivity contribution is 6.29. The third kappa shape index (κ3) is 4.82. The molecule has 0 N–H and O–H groups in total. The van der Waals surface area contributed by atoms with Crippen molar-refractivity contribution in [2.75, 3.05) is 13.2 Å². The zero-order chi connectivity index (χ0) is 19.3. The number of rotatable bonds is 8. The van der Waals surface area contributed by atoms with Gasteiger partial charge in [-0.05, 0) is 38.1 Å². The maximum Gasteiger partial charge on any atom is 0.261 e. The number of halogens is 5. The summed E-state index contributed by atoms with van der Waals surface area (Å²) in [6.07, 6.45) is 2.14. The van der Waals surface area contributed by atoms with Gasteiger partial charge < -0.3 is 13.9 Å². The summed E-state index contributed by atoms with van der Waals surface area (Å²) in [6.45, 7) is 3.66. The topological polar surface area (TPSA) is 27.7 Å². The van der Waals surface area contributed by atoms with E-state index in [9.17, 15) is 22.0 Å². The molecule has 0 saturated heterocycles. The molecule has 2 rings (SSSR count). The smallest absolute Gasteiger partial charge is 0.261 e. The lowest BCUT2D eigenvalue weighted by Crippen LogP contribution is -2.27. The van der Waals surface area contributed by atoms with Gasteiger partial charge in [-0.25, -0.2) is 22.0 Å². The van der Waals surface area contributed by atoms with Crippen molar-refractivity contribution in [1.29, 1.82) is 0 Å². The van der Waals surface area contributed by atoms with Crippen LogP contribution in [0.3, 0.4) is 0 Å². The van der Waals surface area contributed by atoms with E-state index in [2.05, 4.69) is 0 Å². The number of hydrogen-bond donors (Lipinski definition) is 0. The second-order valence-electron chi connectivity index (χ2n) is 6.25. The summed E-state index contributed by atoms with van der Waals surface area (Å²) in [4.78, 5) is 0. The molecule has 26 heavy (non-hydrogen) atoms. The minimum Gasteiger partial charge on any atom is -0.378 e. The molecule has 0 aromatic heterocycles. The van der Waals surface area contributed by atoms with E-state index in [1.807, 2.05) is 0 Å². The Morgan fingerprint density at radius 1 is 0.885 bits per heavy atom. The van der Waals surface area contributed by atoms with Crippen LogP contribution in [0.2, 0.25) is 5.54 Å². The molecular weight excluding hydrogens is 375 g/mol. The van der Waals surface area contributed by atoms with Crippen LogP contribution in [0.4, 0.5) is 22.0 Å². The summed E-state index contributed by atoms with van der Waals surface area (Å²) >= 11 is 0. The van der Waals surface area contributed by atoms with Crippen LogP contribution >= 0.6 is 0 Å². The van der Waals surface area contributed by atoms with Gasteiger partial charge in [-0.2, -0.15) is 0 Å². The van der Waals surface area contributed by atoms with Gasteiger partial charge in [-0.3, -0.25) is 0 Å². The van der Waals surface area contributed by atoms with Gasteiger partial charge in [0, 0.05) is 18.8 Å². The first-order valence-electron chi connectivity index (χ1n) is 8.76. The molecule has 1 aliphatic rings. The molecule has 0 heterocycles.